The number of hydrogen-bond acceptors (Lipinski definition) is 3. The lowest BCUT2D eigenvalue weighted by Gasteiger charge is -2.30. The lowest BCUT2D eigenvalue weighted by molar-refractivity contribution is -0.0272. The van der Waals surface area contributed by atoms with Gasteiger partial charge in [0.2, 0.25) is 0 Å². The number of fused-ring (bicyclic) bond motifs is 1. The van der Waals surface area contributed by atoms with Gasteiger partial charge in [0.15, 0.2) is 0 Å². The van der Waals surface area contributed by atoms with Gasteiger partial charge in [0.25, 0.3) is 0 Å². The van der Waals surface area contributed by atoms with Crippen LogP contribution in [0.5, 0.6) is 0 Å². The van der Waals surface area contributed by atoms with Gasteiger partial charge in [0.05, 0.1) is 35.7 Å². The summed E-state index contributed by atoms with van der Waals surface area (Å²) < 4.78 is 9.11. The Morgan fingerprint density at radius 3 is 3.05 bits per heavy atom. The molecule has 114 valence electrons. The van der Waals surface area contributed by atoms with E-state index in [1.807, 2.05) is 19.1 Å². The van der Waals surface area contributed by atoms with Crippen molar-refractivity contribution in [1.82, 2.24) is 14.5 Å². The highest BCUT2D eigenvalue weighted by Gasteiger charge is 2.22. The van der Waals surface area contributed by atoms with Crippen LogP contribution in [0.4, 0.5) is 0 Å². The summed E-state index contributed by atoms with van der Waals surface area (Å²) in [5, 5.41) is -0.127. The number of rotatable bonds is 3. The molecule has 21 heavy (non-hydrogen) atoms. The van der Waals surface area contributed by atoms with Gasteiger partial charge in [-0.3, -0.25) is 0 Å². The Kier molecular flexibility index (Phi) is 4.54. The summed E-state index contributed by atoms with van der Waals surface area (Å²) >= 11 is 9.82. The largest absolute Gasteiger partial charge is 0.374 e. The minimum Gasteiger partial charge on any atom is -0.374 e. The molecule has 1 fully saturated rings. The van der Waals surface area contributed by atoms with Crippen LogP contribution in [0.3, 0.4) is 0 Å². The summed E-state index contributed by atoms with van der Waals surface area (Å²) in [5.74, 6) is 0.904. The number of aromatic nitrogens is 2. The fraction of sp³-hybridized carbons (Fsp3) is 0.533. The number of hydrogen-bond donors (Lipinski definition) is 0. The topological polar surface area (TPSA) is 30.3 Å². The van der Waals surface area contributed by atoms with E-state index >= 15 is 0 Å². The molecule has 1 aromatic carbocycles. The van der Waals surface area contributed by atoms with Gasteiger partial charge in [-0.05, 0) is 32.2 Å². The van der Waals surface area contributed by atoms with E-state index in [1.54, 1.807) is 0 Å². The summed E-state index contributed by atoms with van der Waals surface area (Å²) in [6.07, 6.45) is 0.180. The van der Waals surface area contributed by atoms with Crippen molar-refractivity contribution in [2.75, 3.05) is 26.7 Å². The average Bonchev–Trinajstić information content (AvgIpc) is 2.77. The second kappa shape index (κ2) is 6.24. The predicted molar refractivity (Wildman–Crippen MR) is 88.9 cm³/mol. The molecule has 2 atom stereocenters. The van der Waals surface area contributed by atoms with Crippen LogP contribution in [0, 0.1) is 0 Å². The Morgan fingerprint density at radius 1 is 1.52 bits per heavy atom. The van der Waals surface area contributed by atoms with E-state index in [2.05, 4.69) is 43.5 Å². The Balaban J connectivity index is 1.97. The zero-order valence-corrected chi connectivity index (χ0v) is 14.6. The minimum absolute atomic E-state index is 0.127. The van der Waals surface area contributed by atoms with E-state index < -0.39 is 0 Å². The molecule has 1 saturated heterocycles. The number of ether oxygens (including phenoxy) is 1. The maximum absolute atomic E-state index is 6.32. The van der Waals surface area contributed by atoms with Crippen molar-refractivity contribution >= 4 is 38.6 Å². The molecule has 2 aromatic rings. The van der Waals surface area contributed by atoms with E-state index in [4.69, 9.17) is 16.3 Å². The van der Waals surface area contributed by atoms with E-state index in [0.29, 0.717) is 0 Å². The molecule has 1 aliphatic rings. The lowest BCUT2D eigenvalue weighted by Crippen LogP contribution is -2.42. The first-order valence-corrected chi connectivity index (χ1v) is 8.37. The van der Waals surface area contributed by atoms with Gasteiger partial charge in [-0.25, -0.2) is 4.98 Å². The highest BCUT2D eigenvalue weighted by Crippen LogP contribution is 2.27. The van der Waals surface area contributed by atoms with Gasteiger partial charge < -0.3 is 14.2 Å². The highest BCUT2D eigenvalue weighted by atomic mass is 79.9. The van der Waals surface area contributed by atoms with Gasteiger partial charge in [0.1, 0.15) is 5.82 Å². The van der Waals surface area contributed by atoms with Crippen LogP contribution in [0.2, 0.25) is 0 Å². The first-order valence-electron chi connectivity index (χ1n) is 7.14. The molecule has 0 saturated carbocycles. The summed E-state index contributed by atoms with van der Waals surface area (Å²) in [4.78, 5) is 6.99. The van der Waals surface area contributed by atoms with Crippen molar-refractivity contribution in [1.29, 1.82) is 0 Å². The molecule has 0 amide bonds. The number of likely N-dealkylation sites (N-methyl/N-ethyl adjacent to an activating group) is 1. The molecule has 2 heterocycles. The number of nitrogens with zero attached hydrogens (tertiary/aromatic N) is 3. The Labute approximate surface area is 138 Å². The molecule has 3 rings (SSSR count). The van der Waals surface area contributed by atoms with E-state index in [1.165, 1.54) is 0 Å². The third-order valence-corrected chi connectivity index (χ3v) is 4.51. The highest BCUT2D eigenvalue weighted by molar-refractivity contribution is 9.10. The van der Waals surface area contributed by atoms with Crippen molar-refractivity contribution < 1.29 is 4.74 Å². The van der Waals surface area contributed by atoms with Crippen LogP contribution in [0.1, 0.15) is 18.1 Å². The standard InChI is InChI=1S/C15H19BrClN3O/c1-10(17)15-18-13-7-11(16)3-4-14(13)20(15)9-12-8-19(2)5-6-21-12/h3-4,7,10,12H,5-6,8-9H2,1-2H3. The molecule has 0 bridgehead atoms. The van der Waals surface area contributed by atoms with Crippen LogP contribution < -0.4 is 0 Å². The summed E-state index contributed by atoms with van der Waals surface area (Å²) in [6, 6.07) is 6.15. The molecule has 0 N–H and O–H groups in total. The predicted octanol–water partition coefficient (Wildman–Crippen LogP) is 3.43. The molecule has 6 heteroatoms. The fourth-order valence-corrected chi connectivity index (χ4v) is 3.31. The van der Waals surface area contributed by atoms with Crippen LogP contribution in [0.25, 0.3) is 11.0 Å². The van der Waals surface area contributed by atoms with Gasteiger partial charge in [0, 0.05) is 17.6 Å². The zero-order valence-electron chi connectivity index (χ0n) is 12.2. The molecular formula is C15H19BrClN3O. The summed E-state index contributed by atoms with van der Waals surface area (Å²) in [5.41, 5.74) is 2.08. The smallest absolute Gasteiger partial charge is 0.127 e. The number of morpholine rings is 1. The SMILES string of the molecule is CC(Cl)c1nc2cc(Br)ccc2n1CC1CN(C)CCO1. The van der Waals surface area contributed by atoms with E-state index in [-0.39, 0.29) is 11.5 Å². The lowest BCUT2D eigenvalue weighted by atomic mass is 10.2. The Hall–Kier alpha value is -0.620. The molecule has 4 nitrogen and oxygen atoms in total. The van der Waals surface area contributed by atoms with E-state index in [9.17, 15) is 0 Å². The minimum atomic E-state index is -0.127. The fourth-order valence-electron chi connectivity index (χ4n) is 2.80. The van der Waals surface area contributed by atoms with Crippen molar-refractivity contribution in [3.05, 3.63) is 28.5 Å². The number of alkyl halides is 1. The Bertz CT molecular complexity index is 643. The van der Waals surface area contributed by atoms with Crippen LogP contribution in [-0.2, 0) is 11.3 Å². The van der Waals surface area contributed by atoms with Gasteiger partial charge >= 0.3 is 0 Å². The van der Waals surface area contributed by atoms with Crippen LogP contribution >= 0.6 is 27.5 Å². The monoisotopic (exact) mass is 371 g/mol. The first kappa shape index (κ1) is 15.3. The van der Waals surface area contributed by atoms with Crippen molar-refractivity contribution in [3.63, 3.8) is 0 Å². The quantitative estimate of drug-likeness (QED) is 0.773. The van der Waals surface area contributed by atoms with E-state index in [0.717, 1.165) is 47.6 Å². The molecule has 1 aromatic heterocycles. The number of halogens is 2. The molecule has 2 unspecified atom stereocenters. The molecule has 1 aliphatic heterocycles. The Morgan fingerprint density at radius 2 is 2.33 bits per heavy atom. The van der Waals surface area contributed by atoms with Crippen LogP contribution in [0.15, 0.2) is 22.7 Å². The van der Waals surface area contributed by atoms with Crippen molar-refractivity contribution in [3.8, 4) is 0 Å². The first-order chi connectivity index (χ1) is 10.0. The van der Waals surface area contributed by atoms with Crippen LogP contribution in [-0.4, -0.2) is 47.3 Å². The summed E-state index contributed by atoms with van der Waals surface area (Å²) in [7, 11) is 2.13. The summed E-state index contributed by atoms with van der Waals surface area (Å²) in [6.45, 7) is 5.46. The van der Waals surface area contributed by atoms with Gasteiger partial charge in [-0.2, -0.15) is 0 Å². The van der Waals surface area contributed by atoms with Crippen molar-refractivity contribution in [2.24, 2.45) is 0 Å². The maximum Gasteiger partial charge on any atom is 0.127 e. The third-order valence-electron chi connectivity index (χ3n) is 3.82. The number of imidazole rings is 1. The maximum atomic E-state index is 6.32. The molecule has 0 spiro atoms. The molecule has 0 radical (unpaired) electrons. The normalized spacial score (nSPS) is 21.8. The second-order valence-electron chi connectivity index (χ2n) is 5.58. The number of benzene rings is 1. The van der Waals surface area contributed by atoms with Gasteiger partial charge in [-0.1, -0.05) is 15.9 Å². The second-order valence-corrected chi connectivity index (χ2v) is 7.16. The van der Waals surface area contributed by atoms with Crippen molar-refractivity contribution in [2.45, 2.75) is 24.9 Å². The molecular weight excluding hydrogens is 354 g/mol. The van der Waals surface area contributed by atoms with Gasteiger partial charge in [-0.15, -0.1) is 11.6 Å². The zero-order chi connectivity index (χ0) is 15.0. The third kappa shape index (κ3) is 3.26. The average molecular weight is 373 g/mol. The molecule has 0 aliphatic carbocycles.